The number of rotatable bonds is 5. The normalized spacial score (nSPS) is 11.0. The van der Waals surface area contributed by atoms with Crippen molar-refractivity contribution in [1.29, 1.82) is 0 Å². The first-order valence-corrected chi connectivity index (χ1v) is 12.2. The molecule has 4 aromatic rings. The lowest BCUT2D eigenvalue weighted by Gasteiger charge is -2.19. The molecule has 0 N–H and O–H groups in total. The second kappa shape index (κ2) is 10.6. The van der Waals surface area contributed by atoms with E-state index in [1.807, 2.05) is 54.6 Å². The van der Waals surface area contributed by atoms with Gasteiger partial charge in [0.2, 0.25) is 0 Å². The number of benzene rings is 4. The summed E-state index contributed by atoms with van der Waals surface area (Å²) in [7, 11) is -0.399. The van der Waals surface area contributed by atoms with Gasteiger partial charge in [-0.1, -0.05) is 54.3 Å². The Morgan fingerprint density at radius 1 is 0.743 bits per heavy atom. The molecule has 0 aliphatic heterocycles. The Morgan fingerprint density at radius 3 is 1.94 bits per heavy atom. The van der Waals surface area contributed by atoms with Crippen LogP contribution in [0.25, 0.3) is 0 Å². The van der Waals surface area contributed by atoms with E-state index < -0.39 is 34.1 Å². The predicted octanol–water partition coefficient (Wildman–Crippen LogP) is 7.05. The van der Waals surface area contributed by atoms with Crippen LogP contribution < -0.4 is 0 Å². The third kappa shape index (κ3) is 6.17. The summed E-state index contributed by atoms with van der Waals surface area (Å²) in [5, 5.41) is 0. The summed E-state index contributed by atoms with van der Waals surface area (Å²) in [6, 6.07) is 31.1. The Kier molecular flexibility index (Phi) is 7.33. The number of ether oxygens (including phenoxy) is 1. The third-order valence-corrected chi connectivity index (χ3v) is 7.25. The molecule has 0 bridgehead atoms. The fourth-order valence-corrected chi connectivity index (χ4v) is 5.52. The van der Waals surface area contributed by atoms with Crippen LogP contribution in [0.3, 0.4) is 0 Å². The fraction of sp³-hybridized carbons (Fsp3) is 0.100. The molecule has 2 nitrogen and oxygen atoms in total. The van der Waals surface area contributed by atoms with E-state index in [9.17, 15) is 13.6 Å². The first-order valence-electron chi connectivity index (χ1n) is 11.0. The number of halogens is 2. The number of hydrogen-bond donors (Lipinski definition) is 0. The van der Waals surface area contributed by atoms with Gasteiger partial charge in [0.05, 0.1) is 16.5 Å². The Labute approximate surface area is 206 Å². The van der Waals surface area contributed by atoms with Gasteiger partial charge in [0, 0.05) is 11.6 Å². The average molecular weight is 486 g/mol. The number of carbonyl (C=O) groups is 1. The van der Waals surface area contributed by atoms with Crippen molar-refractivity contribution in [3.63, 3.8) is 0 Å². The van der Waals surface area contributed by atoms with E-state index in [1.54, 1.807) is 19.9 Å². The van der Waals surface area contributed by atoms with Crippen LogP contribution in [-0.4, -0.2) is 11.6 Å². The molecule has 0 unspecified atom stereocenters. The van der Waals surface area contributed by atoms with Crippen LogP contribution in [0.5, 0.6) is 0 Å². The van der Waals surface area contributed by atoms with E-state index in [0.29, 0.717) is 11.1 Å². The molecule has 0 fully saturated rings. The molecular formula is C30H23F2O2S+. The zero-order valence-electron chi connectivity index (χ0n) is 19.3. The van der Waals surface area contributed by atoms with Gasteiger partial charge in [-0.05, 0) is 68.4 Å². The van der Waals surface area contributed by atoms with Gasteiger partial charge in [-0.25, -0.2) is 13.6 Å². The van der Waals surface area contributed by atoms with Gasteiger partial charge in [-0.2, -0.15) is 0 Å². The molecule has 0 amide bonds. The van der Waals surface area contributed by atoms with Gasteiger partial charge >= 0.3 is 5.97 Å². The first-order chi connectivity index (χ1) is 16.8. The van der Waals surface area contributed by atoms with E-state index in [1.165, 1.54) is 6.07 Å². The first kappa shape index (κ1) is 24.3. The Morgan fingerprint density at radius 2 is 1.34 bits per heavy atom. The largest absolute Gasteiger partial charge is 0.443 e. The third-order valence-electron chi connectivity index (χ3n) is 5.04. The average Bonchev–Trinajstić information content (AvgIpc) is 2.86. The Hall–Kier alpha value is -3.88. The second-order valence-corrected chi connectivity index (χ2v) is 10.3. The zero-order chi connectivity index (χ0) is 24.8. The number of hydrogen-bond acceptors (Lipinski definition) is 2. The summed E-state index contributed by atoms with van der Waals surface area (Å²) in [6.07, 6.45) is 0. The highest BCUT2D eigenvalue weighted by molar-refractivity contribution is 7.97. The summed E-state index contributed by atoms with van der Waals surface area (Å²) in [5.41, 5.74) is -0.433. The van der Waals surface area contributed by atoms with Crippen molar-refractivity contribution in [3.05, 3.63) is 126 Å². The topological polar surface area (TPSA) is 26.3 Å². The Balaban J connectivity index is 1.59. The van der Waals surface area contributed by atoms with Crippen molar-refractivity contribution in [2.75, 3.05) is 0 Å². The summed E-state index contributed by atoms with van der Waals surface area (Å²) in [4.78, 5) is 16.3. The van der Waals surface area contributed by atoms with Crippen LogP contribution in [0, 0.1) is 23.5 Å². The molecule has 0 heterocycles. The summed E-state index contributed by atoms with van der Waals surface area (Å²) < 4.78 is 32.3. The van der Waals surface area contributed by atoms with Crippen LogP contribution in [0.1, 0.15) is 29.8 Å². The smallest absolute Gasteiger partial charge is 0.339 e. The second-order valence-electron chi connectivity index (χ2n) is 8.24. The summed E-state index contributed by atoms with van der Waals surface area (Å²) >= 11 is 0. The molecule has 0 radical (unpaired) electrons. The van der Waals surface area contributed by atoms with Crippen LogP contribution in [0.2, 0.25) is 0 Å². The maximum Gasteiger partial charge on any atom is 0.339 e. The molecule has 174 valence electrons. The molecule has 0 atom stereocenters. The van der Waals surface area contributed by atoms with Crippen molar-refractivity contribution in [1.82, 2.24) is 0 Å². The molecular weight excluding hydrogens is 462 g/mol. The Bertz CT molecular complexity index is 1350. The van der Waals surface area contributed by atoms with E-state index in [0.717, 1.165) is 26.8 Å². The van der Waals surface area contributed by atoms with Gasteiger partial charge in [0.15, 0.2) is 31.9 Å². The van der Waals surface area contributed by atoms with Gasteiger partial charge in [0.1, 0.15) is 0 Å². The number of carbonyl (C=O) groups excluding carboxylic acids is 1. The van der Waals surface area contributed by atoms with Crippen molar-refractivity contribution in [3.8, 4) is 11.8 Å². The van der Waals surface area contributed by atoms with Crippen LogP contribution in [0.15, 0.2) is 118 Å². The molecule has 35 heavy (non-hydrogen) atoms. The van der Waals surface area contributed by atoms with E-state index in [2.05, 4.69) is 36.1 Å². The maximum absolute atomic E-state index is 13.5. The molecule has 0 aliphatic carbocycles. The zero-order valence-corrected chi connectivity index (χ0v) is 20.1. The van der Waals surface area contributed by atoms with E-state index >= 15 is 0 Å². The monoisotopic (exact) mass is 485 g/mol. The van der Waals surface area contributed by atoms with Crippen molar-refractivity contribution in [2.24, 2.45) is 0 Å². The lowest BCUT2D eigenvalue weighted by molar-refractivity contribution is 0.0204. The fourth-order valence-electron chi connectivity index (χ4n) is 3.38. The van der Waals surface area contributed by atoms with Crippen LogP contribution >= 0.6 is 0 Å². The molecule has 4 rings (SSSR count). The minimum absolute atomic E-state index is 0.296. The highest BCUT2D eigenvalue weighted by Crippen LogP contribution is 2.31. The number of esters is 1. The minimum Gasteiger partial charge on any atom is -0.443 e. The highest BCUT2D eigenvalue weighted by atomic mass is 32.2. The van der Waals surface area contributed by atoms with Crippen molar-refractivity contribution in [2.45, 2.75) is 34.1 Å². The van der Waals surface area contributed by atoms with Crippen molar-refractivity contribution >= 4 is 16.9 Å². The molecule has 4 aromatic carbocycles. The quantitative estimate of drug-likeness (QED) is 0.172. The molecule has 5 heteroatoms. The molecule has 0 aliphatic rings. The van der Waals surface area contributed by atoms with Crippen LogP contribution in [0.4, 0.5) is 8.78 Å². The highest BCUT2D eigenvalue weighted by Gasteiger charge is 2.30. The lowest BCUT2D eigenvalue weighted by atomic mass is 10.1. The molecule has 0 spiro atoms. The predicted molar refractivity (Wildman–Crippen MR) is 134 cm³/mol. The van der Waals surface area contributed by atoms with Crippen LogP contribution in [-0.2, 0) is 15.6 Å². The van der Waals surface area contributed by atoms with Crippen molar-refractivity contribution < 1.29 is 18.3 Å². The SMILES string of the molecule is CC(C)(C#Cc1ccc(F)c(F)c1)OC(=O)c1cccc([S+](c2ccccc2)c2ccccc2)c1. The molecule has 0 saturated carbocycles. The minimum atomic E-state index is -1.14. The maximum atomic E-state index is 13.5. The molecule has 0 aromatic heterocycles. The van der Waals surface area contributed by atoms with E-state index in [-0.39, 0.29) is 0 Å². The van der Waals surface area contributed by atoms with E-state index in [4.69, 9.17) is 4.74 Å². The standard InChI is InChI=1S/C30H23F2O2S/c1-30(2,19-18-22-16-17-27(31)28(32)20-22)34-29(33)23-10-9-15-26(21-23)35(24-11-5-3-6-12-24)25-13-7-4-8-14-25/h3-17,20-21H,1-2H3/q+1. The lowest BCUT2D eigenvalue weighted by Crippen LogP contribution is -2.26. The van der Waals surface area contributed by atoms with Gasteiger partial charge in [-0.15, -0.1) is 0 Å². The summed E-state index contributed by atoms with van der Waals surface area (Å²) in [6.45, 7) is 3.31. The van der Waals surface area contributed by atoms with Gasteiger partial charge in [0.25, 0.3) is 0 Å². The summed E-state index contributed by atoms with van der Waals surface area (Å²) in [5.74, 6) is 3.15. The van der Waals surface area contributed by atoms with Gasteiger partial charge in [-0.3, -0.25) is 0 Å². The van der Waals surface area contributed by atoms with Gasteiger partial charge < -0.3 is 4.74 Å². The molecule has 0 saturated heterocycles.